The number of alkyl halides is 3. The first-order chi connectivity index (χ1) is 10.1. The van der Waals surface area contributed by atoms with Crippen molar-refractivity contribution in [3.8, 4) is 0 Å². The maximum absolute atomic E-state index is 12.6. The largest absolute Gasteiger partial charge is 0.428 e. The van der Waals surface area contributed by atoms with Crippen LogP contribution in [0.2, 0.25) is 0 Å². The number of hydrogen-bond donors (Lipinski definition) is 3. The van der Waals surface area contributed by atoms with Gasteiger partial charge in [-0.1, -0.05) is 23.2 Å². The SMILES string of the molecule is Nc1cc(/C(Cl)=C(/Cl)C(F)(F)F)c(S(N)(=O)=O)cc1S(N)(=O)=O. The average molecular weight is 414 g/mol. The molecule has 14 heteroatoms. The summed E-state index contributed by atoms with van der Waals surface area (Å²) in [6, 6.07) is 0.966. The number of sulfonamides is 2. The van der Waals surface area contributed by atoms with Crippen LogP contribution in [0.5, 0.6) is 0 Å². The molecule has 0 spiro atoms. The van der Waals surface area contributed by atoms with E-state index in [-0.39, 0.29) is 0 Å². The van der Waals surface area contributed by atoms with Gasteiger partial charge < -0.3 is 5.73 Å². The lowest BCUT2D eigenvalue weighted by molar-refractivity contribution is -0.0838. The molecule has 1 rings (SSSR count). The summed E-state index contributed by atoms with van der Waals surface area (Å²) in [5.41, 5.74) is 3.91. The Bertz CT molecular complexity index is 895. The lowest BCUT2D eigenvalue weighted by Gasteiger charge is -2.14. The van der Waals surface area contributed by atoms with Gasteiger partial charge in [0.05, 0.1) is 15.6 Å². The van der Waals surface area contributed by atoms with Crippen LogP contribution in [0.3, 0.4) is 0 Å². The number of rotatable bonds is 3. The minimum atomic E-state index is -5.08. The van der Waals surface area contributed by atoms with Gasteiger partial charge in [0, 0.05) is 5.56 Å². The zero-order valence-corrected chi connectivity index (χ0v) is 13.9. The van der Waals surface area contributed by atoms with Crippen molar-refractivity contribution in [1.82, 2.24) is 0 Å². The van der Waals surface area contributed by atoms with E-state index in [1.54, 1.807) is 0 Å². The number of allylic oxidation sites excluding steroid dienone is 1. The average Bonchev–Trinajstić information content (AvgIpc) is 2.32. The number of benzene rings is 1. The van der Waals surface area contributed by atoms with Gasteiger partial charge in [-0.25, -0.2) is 27.1 Å². The second kappa shape index (κ2) is 6.11. The Morgan fingerprint density at radius 2 is 1.39 bits per heavy atom. The topological polar surface area (TPSA) is 146 Å². The van der Waals surface area contributed by atoms with E-state index in [1.165, 1.54) is 0 Å². The fourth-order valence-corrected chi connectivity index (χ4v) is 3.39. The van der Waals surface area contributed by atoms with E-state index in [1.807, 2.05) is 0 Å². The summed E-state index contributed by atoms with van der Waals surface area (Å²) in [5.74, 6) is 0. The van der Waals surface area contributed by atoms with E-state index < -0.39 is 57.3 Å². The zero-order valence-electron chi connectivity index (χ0n) is 10.7. The first-order valence-corrected chi connectivity index (χ1v) is 9.03. The molecule has 0 unspecified atom stereocenters. The predicted octanol–water partition coefficient (Wildman–Crippen LogP) is 1.27. The molecule has 1 aromatic carbocycles. The normalized spacial score (nSPS) is 14.6. The maximum atomic E-state index is 12.6. The van der Waals surface area contributed by atoms with Crippen LogP contribution in [0.1, 0.15) is 5.56 Å². The van der Waals surface area contributed by atoms with Crippen LogP contribution in [-0.4, -0.2) is 23.0 Å². The van der Waals surface area contributed by atoms with Crippen molar-refractivity contribution in [3.63, 3.8) is 0 Å². The molecule has 130 valence electrons. The summed E-state index contributed by atoms with van der Waals surface area (Å²) in [6.45, 7) is 0. The van der Waals surface area contributed by atoms with Crippen molar-refractivity contribution in [2.24, 2.45) is 10.3 Å². The molecule has 0 aliphatic heterocycles. The van der Waals surface area contributed by atoms with Crippen LogP contribution < -0.4 is 16.0 Å². The minimum absolute atomic E-state index is 0.401. The molecule has 0 bridgehead atoms. The van der Waals surface area contributed by atoms with Crippen molar-refractivity contribution in [2.45, 2.75) is 16.0 Å². The molecule has 0 amide bonds. The summed E-state index contributed by atoms with van der Waals surface area (Å²) >= 11 is 10.5. The number of nitrogens with two attached hydrogens (primary N) is 3. The predicted molar refractivity (Wildman–Crippen MR) is 78.3 cm³/mol. The Kier molecular flexibility index (Phi) is 5.31. The van der Waals surface area contributed by atoms with Crippen molar-refractivity contribution < 1.29 is 30.0 Å². The summed E-state index contributed by atoms with van der Waals surface area (Å²) in [5, 5.41) is 6.62. The monoisotopic (exact) mass is 413 g/mol. The van der Waals surface area contributed by atoms with E-state index in [0.717, 1.165) is 0 Å². The number of anilines is 1. The summed E-state index contributed by atoms with van der Waals surface area (Å²) < 4.78 is 83.4. The van der Waals surface area contributed by atoms with Gasteiger partial charge in [0.2, 0.25) is 20.0 Å². The van der Waals surface area contributed by atoms with Crippen LogP contribution in [0, 0.1) is 0 Å². The summed E-state index contributed by atoms with van der Waals surface area (Å²) in [6.07, 6.45) is -5.08. The number of hydrogen-bond acceptors (Lipinski definition) is 5. The number of primary sulfonamides is 2. The van der Waals surface area contributed by atoms with Crippen LogP contribution in [0.25, 0.3) is 5.03 Å². The highest BCUT2D eigenvalue weighted by Crippen LogP contribution is 2.40. The first kappa shape index (κ1) is 20.0. The Morgan fingerprint density at radius 1 is 0.957 bits per heavy atom. The molecule has 6 N–H and O–H groups in total. The molecule has 23 heavy (non-hydrogen) atoms. The third kappa shape index (κ3) is 4.49. The van der Waals surface area contributed by atoms with Gasteiger partial charge in [-0.2, -0.15) is 13.2 Å². The van der Waals surface area contributed by atoms with E-state index in [4.69, 9.17) is 39.2 Å². The highest BCUT2D eigenvalue weighted by atomic mass is 35.5. The molecule has 0 radical (unpaired) electrons. The van der Waals surface area contributed by atoms with Gasteiger partial charge in [-0.05, 0) is 12.1 Å². The van der Waals surface area contributed by atoms with Crippen LogP contribution in [-0.2, 0) is 20.0 Å². The fourth-order valence-electron chi connectivity index (χ4n) is 1.47. The minimum Gasteiger partial charge on any atom is -0.398 e. The Balaban J connectivity index is 3.94. The quantitative estimate of drug-likeness (QED) is 0.638. The second-order valence-corrected chi connectivity index (χ2v) is 7.92. The smallest absolute Gasteiger partial charge is 0.398 e. The lowest BCUT2D eigenvalue weighted by atomic mass is 10.1. The zero-order chi connectivity index (χ0) is 18.4. The van der Waals surface area contributed by atoms with Gasteiger partial charge in [0.15, 0.2) is 0 Å². The van der Waals surface area contributed by atoms with Gasteiger partial charge in [0.1, 0.15) is 9.93 Å². The summed E-state index contributed by atoms with van der Waals surface area (Å²) in [7, 11) is -9.14. The van der Waals surface area contributed by atoms with Crippen LogP contribution in [0.15, 0.2) is 27.0 Å². The molecule has 0 atom stereocenters. The molecule has 0 aromatic heterocycles. The van der Waals surface area contributed by atoms with Gasteiger partial charge in [0.25, 0.3) is 0 Å². The van der Waals surface area contributed by atoms with E-state index in [9.17, 15) is 30.0 Å². The van der Waals surface area contributed by atoms with Crippen molar-refractivity contribution in [3.05, 3.63) is 22.7 Å². The number of halogens is 5. The molecule has 1 aromatic rings. The molecule has 0 aliphatic rings. The number of nitrogen functional groups attached to an aromatic ring is 1. The third-order valence-electron chi connectivity index (χ3n) is 2.40. The van der Waals surface area contributed by atoms with Crippen molar-refractivity contribution in [1.29, 1.82) is 0 Å². The van der Waals surface area contributed by atoms with E-state index in [0.29, 0.717) is 12.1 Å². The molecule has 7 nitrogen and oxygen atoms in total. The molecular formula is C9H8Cl2F3N3O4S2. The maximum Gasteiger partial charge on any atom is 0.428 e. The molecule has 0 aliphatic carbocycles. The van der Waals surface area contributed by atoms with Gasteiger partial charge in [-0.3, -0.25) is 0 Å². The molecule has 0 saturated carbocycles. The Labute approximate surface area is 138 Å². The fraction of sp³-hybridized carbons (Fsp3) is 0.111. The highest BCUT2D eigenvalue weighted by molar-refractivity contribution is 7.90. The molecule has 0 fully saturated rings. The van der Waals surface area contributed by atoms with E-state index in [2.05, 4.69) is 0 Å². The Morgan fingerprint density at radius 3 is 1.74 bits per heavy atom. The van der Waals surface area contributed by atoms with Gasteiger partial charge in [-0.15, -0.1) is 0 Å². The van der Waals surface area contributed by atoms with Crippen molar-refractivity contribution in [2.75, 3.05) is 5.73 Å². The molecular weight excluding hydrogens is 406 g/mol. The Hall–Kier alpha value is -1.05. The first-order valence-electron chi connectivity index (χ1n) is 5.18. The molecule has 0 heterocycles. The lowest BCUT2D eigenvalue weighted by Crippen LogP contribution is -2.19. The highest BCUT2D eigenvalue weighted by Gasteiger charge is 2.36. The standard InChI is InChI=1S/C9H8Cl2F3N3O4S2/c10-7(8(11)9(12,13)14)3-1-4(15)6(23(17,20)21)2-5(3)22(16,18)19/h1-2H,15H2,(H2,16,18,19)(H2,17,20,21)/b8-7-. The van der Waals surface area contributed by atoms with Crippen LogP contribution >= 0.6 is 23.2 Å². The third-order valence-corrected chi connectivity index (χ3v) is 5.21. The summed E-state index contributed by atoms with van der Waals surface area (Å²) in [4.78, 5) is -1.89. The van der Waals surface area contributed by atoms with Crippen molar-refractivity contribution >= 4 is 54.0 Å². The second-order valence-electron chi connectivity index (χ2n) is 4.10. The molecule has 0 saturated heterocycles. The van der Waals surface area contributed by atoms with E-state index >= 15 is 0 Å². The van der Waals surface area contributed by atoms with Crippen LogP contribution in [0.4, 0.5) is 18.9 Å². The van der Waals surface area contributed by atoms with Gasteiger partial charge >= 0.3 is 6.18 Å².